The van der Waals surface area contributed by atoms with Crippen molar-refractivity contribution in [2.24, 2.45) is 0 Å². The van der Waals surface area contributed by atoms with Crippen molar-refractivity contribution in [2.75, 3.05) is 0 Å². The quantitative estimate of drug-likeness (QED) is 0.0436. The van der Waals surface area contributed by atoms with E-state index in [1.54, 1.807) is 0 Å². The van der Waals surface area contributed by atoms with Gasteiger partial charge in [0.1, 0.15) is 6.10 Å². The molecule has 3 rings (SSSR count). The van der Waals surface area contributed by atoms with Crippen LogP contribution >= 0.6 is 0 Å². The number of carbonyl (C=O) groups excluding carboxylic acids is 1. The summed E-state index contributed by atoms with van der Waals surface area (Å²) in [5.74, 6) is -0.260. The summed E-state index contributed by atoms with van der Waals surface area (Å²) in [6, 6.07) is 0. The molecule has 0 aromatic carbocycles. The van der Waals surface area contributed by atoms with Crippen LogP contribution in [0.1, 0.15) is 232 Å². The lowest BCUT2D eigenvalue weighted by Crippen LogP contribution is -2.33. The fourth-order valence-electron chi connectivity index (χ4n) is 9.05. The average molecular weight is 763 g/mol. The third-order valence-electron chi connectivity index (χ3n) is 12.5. The summed E-state index contributed by atoms with van der Waals surface area (Å²) in [5.41, 5.74) is 0.640. The van der Waals surface area contributed by atoms with Gasteiger partial charge in [-0.2, -0.15) is 0 Å². The Labute approximate surface area is 332 Å². The van der Waals surface area contributed by atoms with Gasteiger partial charge in [0.25, 0.3) is 0 Å². The van der Waals surface area contributed by atoms with Gasteiger partial charge >= 0.3 is 5.97 Å². The molecule has 0 unspecified atom stereocenters. The first kappa shape index (κ1) is 47.4. The second kappa shape index (κ2) is 30.1. The van der Waals surface area contributed by atoms with E-state index in [0.29, 0.717) is 12.0 Å². The van der Waals surface area contributed by atoms with E-state index in [1.165, 1.54) is 148 Å². The lowest BCUT2D eigenvalue weighted by Gasteiger charge is -2.24. The first-order valence-electron chi connectivity index (χ1n) is 23.6. The van der Waals surface area contributed by atoms with Crippen LogP contribution in [-0.2, 0) is 19.0 Å². The van der Waals surface area contributed by atoms with Gasteiger partial charge in [0.15, 0.2) is 0 Å². The number of ether oxygens (including phenoxy) is 3. The van der Waals surface area contributed by atoms with Crippen molar-refractivity contribution in [1.29, 1.82) is 0 Å². The van der Waals surface area contributed by atoms with Crippen molar-refractivity contribution >= 4 is 5.97 Å². The molecule has 2 fully saturated rings. The summed E-state index contributed by atoms with van der Waals surface area (Å²) >= 11 is 0. The number of carbonyl (C=O) groups is 1. The van der Waals surface area contributed by atoms with Crippen LogP contribution in [0.2, 0.25) is 0 Å². The van der Waals surface area contributed by atoms with E-state index in [2.05, 4.69) is 6.92 Å². The Balaban J connectivity index is 1.02. The SMILES string of the molecule is CCCCCCCCCC[C@H](O)[C@H]1CC[C@@H]([C@@H]2CC[C@H]([C@H](O)CCCCCCCCCCCCCCCCCCCC[C@@H](O)CC3=C[C@@H](C)OC3=O)O2)O1. The summed E-state index contributed by atoms with van der Waals surface area (Å²) < 4.78 is 17.7. The lowest BCUT2D eigenvalue weighted by molar-refractivity contribution is -0.139. The minimum atomic E-state index is -0.430. The van der Waals surface area contributed by atoms with Gasteiger partial charge in [0.2, 0.25) is 0 Å². The predicted octanol–water partition coefficient (Wildman–Crippen LogP) is 11.8. The summed E-state index contributed by atoms with van der Waals surface area (Å²) in [4.78, 5) is 11.7. The number of hydrogen-bond donors (Lipinski definition) is 3. The van der Waals surface area contributed by atoms with Crippen molar-refractivity contribution in [3.8, 4) is 0 Å². The van der Waals surface area contributed by atoms with E-state index in [9.17, 15) is 20.1 Å². The van der Waals surface area contributed by atoms with Gasteiger partial charge in [-0.25, -0.2) is 4.79 Å². The van der Waals surface area contributed by atoms with Gasteiger partial charge < -0.3 is 29.5 Å². The van der Waals surface area contributed by atoms with Crippen molar-refractivity contribution in [1.82, 2.24) is 0 Å². The minimum absolute atomic E-state index is 0.0454. The molecule has 7 nitrogen and oxygen atoms in total. The molecule has 0 spiro atoms. The molecule has 3 aliphatic heterocycles. The largest absolute Gasteiger partial charge is 0.455 e. The number of esters is 1. The van der Waals surface area contributed by atoms with Crippen molar-refractivity contribution in [2.45, 2.75) is 281 Å². The van der Waals surface area contributed by atoms with Gasteiger partial charge in [-0.3, -0.25) is 0 Å². The molecule has 0 saturated carbocycles. The average Bonchev–Trinajstić information content (AvgIpc) is 3.92. The molecule has 3 heterocycles. The lowest BCUT2D eigenvalue weighted by atomic mass is 10.00. The molecule has 0 aliphatic carbocycles. The Morgan fingerprint density at radius 3 is 1.24 bits per heavy atom. The highest BCUT2D eigenvalue weighted by Crippen LogP contribution is 2.35. The highest BCUT2D eigenvalue weighted by Gasteiger charge is 2.40. The van der Waals surface area contributed by atoms with E-state index in [-0.39, 0.29) is 48.7 Å². The Hall–Kier alpha value is -0.990. The molecule has 8 atom stereocenters. The maximum absolute atomic E-state index is 11.7. The molecule has 316 valence electrons. The molecule has 0 amide bonds. The van der Waals surface area contributed by atoms with E-state index in [4.69, 9.17) is 14.2 Å². The highest BCUT2D eigenvalue weighted by atomic mass is 16.6. The van der Waals surface area contributed by atoms with E-state index >= 15 is 0 Å². The van der Waals surface area contributed by atoms with Crippen LogP contribution in [0.5, 0.6) is 0 Å². The van der Waals surface area contributed by atoms with Crippen LogP contribution < -0.4 is 0 Å². The molecule has 0 radical (unpaired) electrons. The summed E-state index contributed by atoms with van der Waals surface area (Å²) in [6.45, 7) is 4.12. The Kier molecular flexibility index (Phi) is 26.4. The Bertz CT molecular complexity index is 954. The van der Waals surface area contributed by atoms with Crippen LogP contribution in [-0.4, -0.2) is 70.1 Å². The van der Waals surface area contributed by atoms with Gasteiger partial charge in [-0.15, -0.1) is 0 Å². The molecule has 54 heavy (non-hydrogen) atoms. The van der Waals surface area contributed by atoms with E-state index in [1.807, 2.05) is 13.0 Å². The van der Waals surface area contributed by atoms with Crippen molar-refractivity contribution in [3.05, 3.63) is 11.6 Å². The number of unbranched alkanes of at least 4 members (excludes halogenated alkanes) is 24. The maximum atomic E-state index is 11.7. The van der Waals surface area contributed by atoms with Gasteiger partial charge in [-0.05, 0) is 57.9 Å². The van der Waals surface area contributed by atoms with Crippen LogP contribution in [0.3, 0.4) is 0 Å². The molecule has 3 N–H and O–H groups in total. The number of aliphatic hydroxyl groups is 3. The van der Waals surface area contributed by atoms with Gasteiger partial charge in [0, 0.05) is 12.0 Å². The van der Waals surface area contributed by atoms with E-state index in [0.717, 1.165) is 64.2 Å². The smallest absolute Gasteiger partial charge is 0.334 e. The molecule has 7 heteroatoms. The second-order valence-electron chi connectivity index (χ2n) is 17.6. The van der Waals surface area contributed by atoms with Gasteiger partial charge in [0.05, 0.1) is 42.7 Å². The molecular formula is C47H86O7. The topological polar surface area (TPSA) is 105 Å². The summed E-state index contributed by atoms with van der Waals surface area (Å²) in [6.07, 6.45) is 40.8. The fourth-order valence-corrected chi connectivity index (χ4v) is 9.05. The van der Waals surface area contributed by atoms with Crippen LogP contribution in [0.15, 0.2) is 11.6 Å². The molecule has 0 aromatic heterocycles. The van der Waals surface area contributed by atoms with Gasteiger partial charge in [-0.1, -0.05) is 174 Å². The Morgan fingerprint density at radius 2 is 0.889 bits per heavy atom. The zero-order valence-corrected chi connectivity index (χ0v) is 35.2. The number of cyclic esters (lactones) is 1. The highest BCUT2D eigenvalue weighted by molar-refractivity contribution is 5.90. The van der Waals surface area contributed by atoms with E-state index < -0.39 is 6.10 Å². The summed E-state index contributed by atoms with van der Waals surface area (Å²) in [7, 11) is 0. The van der Waals surface area contributed by atoms with Crippen molar-refractivity contribution in [3.63, 3.8) is 0 Å². The normalized spacial score (nSPS) is 24.6. The monoisotopic (exact) mass is 763 g/mol. The standard InChI is InChI=1S/C47H86O7/c1-3-4-5-6-7-21-24-27-30-41(49)43-32-34-45(53-43)46-35-33-44(54-46)42(50)31-28-25-22-19-17-15-13-11-9-8-10-12-14-16-18-20-23-26-29-40(48)37-39-36-38(2)52-47(39)51/h36,38,40-46,48-50H,3-35,37H2,1-2H3/t38-,40-,41+,42-,43-,44-,45+,46+/m1/s1. The van der Waals surface area contributed by atoms with Crippen molar-refractivity contribution < 1.29 is 34.3 Å². The third-order valence-corrected chi connectivity index (χ3v) is 12.5. The maximum Gasteiger partial charge on any atom is 0.334 e. The molecule has 0 aromatic rings. The minimum Gasteiger partial charge on any atom is -0.455 e. The molecule has 2 saturated heterocycles. The zero-order chi connectivity index (χ0) is 38.6. The fraction of sp³-hybridized carbons (Fsp3) is 0.936. The second-order valence-corrected chi connectivity index (χ2v) is 17.6. The van der Waals surface area contributed by atoms with Crippen LogP contribution in [0.4, 0.5) is 0 Å². The predicted molar refractivity (Wildman–Crippen MR) is 222 cm³/mol. The first-order chi connectivity index (χ1) is 26.4. The zero-order valence-electron chi connectivity index (χ0n) is 35.2. The van der Waals surface area contributed by atoms with Crippen LogP contribution in [0.25, 0.3) is 0 Å². The number of rotatable bonds is 35. The number of aliphatic hydroxyl groups excluding tert-OH is 3. The molecule has 3 aliphatic rings. The van der Waals surface area contributed by atoms with Crippen LogP contribution in [0, 0.1) is 0 Å². The Morgan fingerprint density at radius 1 is 0.537 bits per heavy atom. The first-order valence-corrected chi connectivity index (χ1v) is 23.6. The summed E-state index contributed by atoms with van der Waals surface area (Å²) in [5, 5.41) is 31.8. The molecule has 0 bridgehead atoms. The third kappa shape index (κ3) is 21.0. The number of hydrogen-bond acceptors (Lipinski definition) is 7. The molecular weight excluding hydrogens is 677 g/mol.